The van der Waals surface area contributed by atoms with Crippen LogP contribution in [0.5, 0.6) is 0 Å². The Morgan fingerprint density at radius 2 is 1.76 bits per heavy atom. The smallest absolute Gasteiger partial charge is 0.281 e. The molecule has 0 amide bonds. The van der Waals surface area contributed by atoms with E-state index < -0.39 is 11.7 Å². The minimum Gasteiger partial charge on any atom is -0.281 e. The van der Waals surface area contributed by atoms with E-state index in [-0.39, 0.29) is 15.2 Å². The molecule has 0 atom stereocenters. The van der Waals surface area contributed by atoms with Crippen LogP contribution in [0.4, 0.5) is 13.2 Å². The summed E-state index contributed by atoms with van der Waals surface area (Å²) in [5, 5.41) is -0.121. The Labute approximate surface area is 132 Å². The van der Waals surface area contributed by atoms with Gasteiger partial charge in [0, 0.05) is 16.8 Å². The van der Waals surface area contributed by atoms with Crippen LogP contribution in [0.2, 0.25) is 10.0 Å². The molecular formula is C13H6Cl2F3NOS. The maximum Gasteiger partial charge on any atom is 0.417 e. The van der Waals surface area contributed by atoms with E-state index in [0.717, 1.165) is 6.07 Å². The molecule has 2 nitrogen and oxygen atoms in total. The Morgan fingerprint density at radius 3 is 2.29 bits per heavy atom. The van der Waals surface area contributed by atoms with E-state index >= 15 is 0 Å². The van der Waals surface area contributed by atoms with Crippen molar-refractivity contribution in [2.45, 2.75) is 11.2 Å². The van der Waals surface area contributed by atoms with E-state index in [0.29, 0.717) is 28.5 Å². The van der Waals surface area contributed by atoms with Gasteiger partial charge < -0.3 is 0 Å². The second-order valence-electron chi connectivity index (χ2n) is 3.91. The summed E-state index contributed by atoms with van der Waals surface area (Å²) in [5.41, 5.74) is -0.613. The fraction of sp³-hybridized carbons (Fsp3) is 0.0769. The van der Waals surface area contributed by atoms with Gasteiger partial charge in [-0.1, -0.05) is 23.2 Å². The minimum absolute atomic E-state index is 0.0182. The molecule has 1 heterocycles. The molecule has 21 heavy (non-hydrogen) atoms. The summed E-state index contributed by atoms with van der Waals surface area (Å²) in [6.45, 7) is 0. The lowest BCUT2D eigenvalue weighted by Crippen LogP contribution is -2.06. The summed E-state index contributed by atoms with van der Waals surface area (Å²) >= 11 is 12.1. The lowest BCUT2D eigenvalue weighted by Gasteiger charge is -2.08. The second-order valence-corrected chi connectivity index (χ2v) is 5.71. The number of alkyl halides is 3. The van der Waals surface area contributed by atoms with Crippen LogP contribution in [0, 0.1) is 0 Å². The molecule has 0 aliphatic carbocycles. The Balaban J connectivity index is 2.20. The van der Waals surface area contributed by atoms with Crippen LogP contribution < -0.4 is 0 Å². The van der Waals surface area contributed by atoms with Gasteiger partial charge >= 0.3 is 6.18 Å². The third-order valence-electron chi connectivity index (χ3n) is 2.40. The van der Waals surface area contributed by atoms with Crippen molar-refractivity contribution in [3.63, 3.8) is 0 Å². The molecule has 2 aromatic rings. The molecular weight excluding hydrogens is 346 g/mol. The highest BCUT2D eigenvalue weighted by molar-refractivity contribution is 8.14. The van der Waals surface area contributed by atoms with Crippen LogP contribution in [0.3, 0.4) is 0 Å². The summed E-state index contributed by atoms with van der Waals surface area (Å²) in [5.74, 6) is 0. The Hall–Kier alpha value is -1.24. The summed E-state index contributed by atoms with van der Waals surface area (Å²) in [6, 6.07) is 6.84. The van der Waals surface area contributed by atoms with Crippen LogP contribution in [-0.2, 0) is 6.18 Å². The van der Waals surface area contributed by atoms with Gasteiger partial charge in [0.15, 0.2) is 0 Å². The molecule has 8 heteroatoms. The zero-order valence-corrected chi connectivity index (χ0v) is 12.4. The van der Waals surface area contributed by atoms with Gasteiger partial charge in [0.05, 0.1) is 10.6 Å². The van der Waals surface area contributed by atoms with Crippen molar-refractivity contribution in [2.24, 2.45) is 0 Å². The third-order valence-corrected chi connectivity index (χ3v) is 4.00. The van der Waals surface area contributed by atoms with Crippen molar-refractivity contribution in [1.29, 1.82) is 0 Å². The molecule has 0 radical (unpaired) electrons. The maximum absolute atomic E-state index is 12.5. The molecule has 0 unspecified atom stereocenters. The number of thioether (sulfide) groups is 1. The average molecular weight is 352 g/mol. The van der Waals surface area contributed by atoms with Crippen molar-refractivity contribution in [3.05, 3.63) is 57.7 Å². The number of nitrogens with zero attached hydrogens (tertiary/aromatic N) is 1. The van der Waals surface area contributed by atoms with E-state index in [1.807, 2.05) is 0 Å². The first-order chi connectivity index (χ1) is 9.77. The van der Waals surface area contributed by atoms with E-state index in [1.54, 1.807) is 0 Å². The van der Waals surface area contributed by atoms with Gasteiger partial charge in [-0.05, 0) is 42.1 Å². The zero-order valence-electron chi connectivity index (χ0n) is 10.1. The predicted molar refractivity (Wildman–Crippen MR) is 75.9 cm³/mol. The minimum atomic E-state index is -4.53. The zero-order chi connectivity index (χ0) is 15.6. The van der Waals surface area contributed by atoms with Gasteiger partial charge in [0.2, 0.25) is 5.12 Å². The molecule has 1 aromatic heterocycles. The molecule has 0 saturated carbocycles. The molecule has 0 bridgehead atoms. The average Bonchev–Trinajstić information content (AvgIpc) is 2.40. The standard InChI is InChI=1S/C13H6Cl2F3NOS/c14-9-3-1-7(2-4-9)12(20)21-11-10(15)5-8(6-19-11)13(16,17)18/h1-6H. The third kappa shape index (κ3) is 4.12. The first-order valence-corrected chi connectivity index (χ1v) is 7.05. The van der Waals surface area contributed by atoms with Gasteiger partial charge in [-0.25, -0.2) is 4.98 Å². The van der Waals surface area contributed by atoms with E-state index in [1.165, 1.54) is 24.3 Å². The topological polar surface area (TPSA) is 30.0 Å². The summed E-state index contributed by atoms with van der Waals surface area (Å²) in [7, 11) is 0. The number of carbonyl (C=O) groups is 1. The SMILES string of the molecule is O=C(Sc1ncc(C(F)(F)F)cc1Cl)c1ccc(Cl)cc1. The van der Waals surface area contributed by atoms with Crippen molar-refractivity contribution >= 4 is 40.1 Å². The number of halogens is 5. The van der Waals surface area contributed by atoms with Crippen molar-refractivity contribution in [1.82, 2.24) is 4.98 Å². The molecule has 0 aliphatic rings. The monoisotopic (exact) mass is 351 g/mol. The maximum atomic E-state index is 12.5. The van der Waals surface area contributed by atoms with E-state index in [2.05, 4.69) is 4.98 Å². The largest absolute Gasteiger partial charge is 0.417 e. The second kappa shape index (κ2) is 6.25. The van der Waals surface area contributed by atoms with Gasteiger partial charge in [-0.3, -0.25) is 4.79 Å². The summed E-state index contributed by atoms with van der Waals surface area (Å²) < 4.78 is 37.4. The van der Waals surface area contributed by atoms with Gasteiger partial charge in [0.25, 0.3) is 0 Å². The quantitative estimate of drug-likeness (QED) is 0.684. The number of aromatic nitrogens is 1. The number of pyridine rings is 1. The normalized spacial score (nSPS) is 11.5. The Morgan fingerprint density at radius 1 is 1.14 bits per heavy atom. The Bertz CT molecular complexity index is 674. The van der Waals surface area contributed by atoms with E-state index in [9.17, 15) is 18.0 Å². The van der Waals surface area contributed by atoms with Crippen molar-refractivity contribution in [3.8, 4) is 0 Å². The van der Waals surface area contributed by atoms with Crippen LogP contribution in [0.15, 0.2) is 41.6 Å². The van der Waals surface area contributed by atoms with Gasteiger partial charge in [-0.2, -0.15) is 13.2 Å². The van der Waals surface area contributed by atoms with Crippen LogP contribution >= 0.6 is 35.0 Å². The highest BCUT2D eigenvalue weighted by atomic mass is 35.5. The molecule has 1 aromatic carbocycles. The number of rotatable bonds is 2. The fourth-order valence-electron chi connectivity index (χ4n) is 1.39. The highest BCUT2D eigenvalue weighted by Gasteiger charge is 2.31. The van der Waals surface area contributed by atoms with Crippen LogP contribution in [0.25, 0.3) is 0 Å². The lowest BCUT2D eigenvalue weighted by molar-refractivity contribution is -0.137. The Kier molecular flexibility index (Phi) is 4.81. The van der Waals surface area contributed by atoms with Gasteiger partial charge in [-0.15, -0.1) is 0 Å². The molecule has 110 valence electrons. The molecule has 0 N–H and O–H groups in total. The van der Waals surface area contributed by atoms with Gasteiger partial charge in [0.1, 0.15) is 5.03 Å². The molecule has 0 saturated heterocycles. The molecule has 0 fully saturated rings. The van der Waals surface area contributed by atoms with E-state index in [4.69, 9.17) is 23.2 Å². The number of carbonyl (C=O) groups excluding carboxylic acids is 1. The first-order valence-electron chi connectivity index (χ1n) is 5.48. The highest BCUT2D eigenvalue weighted by Crippen LogP contribution is 2.34. The molecule has 0 spiro atoms. The first kappa shape index (κ1) is 16.1. The number of benzene rings is 1. The number of hydrogen-bond acceptors (Lipinski definition) is 3. The lowest BCUT2D eigenvalue weighted by atomic mass is 10.2. The van der Waals surface area contributed by atoms with Crippen LogP contribution in [-0.4, -0.2) is 10.1 Å². The summed E-state index contributed by atoms with van der Waals surface area (Å²) in [4.78, 5) is 15.6. The van der Waals surface area contributed by atoms with Crippen molar-refractivity contribution in [2.75, 3.05) is 0 Å². The summed E-state index contributed by atoms with van der Waals surface area (Å²) in [6.07, 6.45) is -3.89. The number of hydrogen-bond donors (Lipinski definition) is 0. The fourth-order valence-corrected chi connectivity index (χ4v) is 2.49. The molecule has 0 aliphatic heterocycles. The van der Waals surface area contributed by atoms with Crippen molar-refractivity contribution < 1.29 is 18.0 Å². The predicted octanol–water partition coefficient (Wildman–Crippen LogP) is 5.34. The molecule has 2 rings (SSSR count). The van der Waals surface area contributed by atoms with Crippen LogP contribution in [0.1, 0.15) is 15.9 Å².